The third-order valence-electron chi connectivity index (χ3n) is 10.5. The number of allylic oxidation sites excluding steroid dienone is 1. The van der Waals surface area contributed by atoms with E-state index in [1.165, 1.54) is 0 Å². The van der Waals surface area contributed by atoms with Gasteiger partial charge in [0.05, 0.1) is 29.5 Å². The van der Waals surface area contributed by atoms with E-state index in [4.69, 9.17) is 0 Å². The summed E-state index contributed by atoms with van der Waals surface area (Å²) in [4.78, 5) is 13.2. The summed E-state index contributed by atoms with van der Waals surface area (Å²) in [6.07, 6.45) is 3.39. The number of ketones is 1. The Hall–Kier alpha value is -0.790. The molecule has 5 N–H and O–H groups in total. The molecule has 0 spiro atoms. The molecule has 4 aliphatic carbocycles. The first kappa shape index (κ1) is 25.3. The van der Waals surface area contributed by atoms with Gasteiger partial charge in [-0.3, -0.25) is 4.79 Å². The first-order valence-electron chi connectivity index (χ1n) is 12.9. The zero-order chi connectivity index (χ0) is 24.6. The van der Waals surface area contributed by atoms with Crippen molar-refractivity contribution >= 4 is 5.78 Å². The number of fused-ring (bicyclic) bond motifs is 5. The molecule has 0 saturated heterocycles. The van der Waals surface area contributed by atoms with E-state index in [2.05, 4.69) is 13.8 Å². The fourth-order valence-corrected chi connectivity index (χ4v) is 8.32. The average molecular weight is 465 g/mol. The van der Waals surface area contributed by atoms with E-state index >= 15 is 0 Å². The lowest BCUT2D eigenvalue weighted by molar-refractivity contribution is -0.176. The van der Waals surface area contributed by atoms with Crippen LogP contribution < -0.4 is 0 Å². The molecule has 2 unspecified atom stereocenters. The van der Waals surface area contributed by atoms with Gasteiger partial charge in [0.2, 0.25) is 0 Å². The molecule has 6 nitrogen and oxygen atoms in total. The Balaban J connectivity index is 1.68. The second kappa shape index (κ2) is 8.12. The zero-order valence-corrected chi connectivity index (χ0v) is 20.9. The minimum atomic E-state index is -1.34. The molecule has 4 aliphatic rings. The average Bonchev–Trinajstić information content (AvgIpc) is 3.00. The molecule has 0 aliphatic heterocycles. The normalized spacial score (nSPS) is 47.9. The van der Waals surface area contributed by atoms with E-state index in [1.54, 1.807) is 13.0 Å². The van der Waals surface area contributed by atoms with E-state index < -0.39 is 40.3 Å². The Morgan fingerprint density at radius 2 is 1.76 bits per heavy atom. The summed E-state index contributed by atoms with van der Waals surface area (Å²) in [6.45, 7) is 9.96. The molecule has 0 aromatic carbocycles. The lowest BCUT2D eigenvalue weighted by Gasteiger charge is -2.60. The van der Waals surface area contributed by atoms with Gasteiger partial charge in [-0.1, -0.05) is 27.7 Å². The largest absolute Gasteiger partial charge is 0.390 e. The highest BCUT2D eigenvalue weighted by Gasteiger charge is 2.69. The maximum Gasteiger partial charge on any atom is 0.159 e. The molecule has 33 heavy (non-hydrogen) atoms. The predicted octanol–water partition coefficient (Wildman–Crippen LogP) is 2.74. The molecule has 0 radical (unpaired) electrons. The second-order valence-electron chi connectivity index (χ2n) is 12.8. The van der Waals surface area contributed by atoms with Gasteiger partial charge in [0.25, 0.3) is 0 Å². The molecule has 6 heteroatoms. The highest BCUT2D eigenvalue weighted by Crippen LogP contribution is 2.68. The monoisotopic (exact) mass is 464 g/mol. The molecule has 188 valence electrons. The summed E-state index contributed by atoms with van der Waals surface area (Å²) in [5, 5.41) is 55.4. The van der Waals surface area contributed by atoms with Crippen LogP contribution in [0.3, 0.4) is 0 Å². The van der Waals surface area contributed by atoms with Crippen LogP contribution in [0.4, 0.5) is 0 Å². The van der Waals surface area contributed by atoms with Crippen molar-refractivity contribution in [3.8, 4) is 0 Å². The van der Waals surface area contributed by atoms with E-state index in [9.17, 15) is 30.3 Å². The van der Waals surface area contributed by atoms with Gasteiger partial charge in [0.1, 0.15) is 0 Å². The van der Waals surface area contributed by atoms with Gasteiger partial charge in [-0.2, -0.15) is 0 Å². The van der Waals surface area contributed by atoms with Gasteiger partial charge >= 0.3 is 0 Å². The summed E-state index contributed by atoms with van der Waals surface area (Å²) in [5.74, 6) is -0.331. The number of carbonyl (C=O) groups is 1. The minimum Gasteiger partial charge on any atom is -0.390 e. The highest BCUT2D eigenvalue weighted by atomic mass is 16.3. The van der Waals surface area contributed by atoms with Gasteiger partial charge < -0.3 is 25.5 Å². The fraction of sp³-hybridized carbons (Fsp3) is 0.889. The second-order valence-corrected chi connectivity index (χ2v) is 12.8. The molecule has 10 atom stereocenters. The van der Waals surface area contributed by atoms with E-state index in [1.807, 2.05) is 13.8 Å². The third-order valence-corrected chi connectivity index (χ3v) is 10.5. The Labute approximate surface area is 198 Å². The smallest absolute Gasteiger partial charge is 0.159 e. The molecule has 0 aromatic rings. The van der Waals surface area contributed by atoms with Crippen molar-refractivity contribution in [3.63, 3.8) is 0 Å². The summed E-state index contributed by atoms with van der Waals surface area (Å²) >= 11 is 0. The summed E-state index contributed by atoms with van der Waals surface area (Å²) < 4.78 is 0. The maximum atomic E-state index is 13.2. The van der Waals surface area contributed by atoms with Crippen molar-refractivity contribution in [1.29, 1.82) is 0 Å². The Morgan fingerprint density at radius 1 is 1.09 bits per heavy atom. The van der Waals surface area contributed by atoms with Crippen molar-refractivity contribution in [3.05, 3.63) is 11.6 Å². The number of aliphatic hydroxyl groups is 5. The first-order chi connectivity index (χ1) is 15.2. The van der Waals surface area contributed by atoms with Crippen molar-refractivity contribution in [1.82, 2.24) is 0 Å². The minimum absolute atomic E-state index is 0.0463. The van der Waals surface area contributed by atoms with Crippen molar-refractivity contribution in [2.75, 3.05) is 0 Å². The van der Waals surface area contributed by atoms with Crippen LogP contribution in [0.2, 0.25) is 0 Å². The summed E-state index contributed by atoms with van der Waals surface area (Å²) in [7, 11) is 0. The van der Waals surface area contributed by atoms with Gasteiger partial charge in [0.15, 0.2) is 5.78 Å². The number of hydrogen-bond acceptors (Lipinski definition) is 6. The van der Waals surface area contributed by atoms with E-state index in [0.29, 0.717) is 38.0 Å². The van der Waals surface area contributed by atoms with Crippen LogP contribution in [-0.2, 0) is 4.79 Å². The molecule has 0 bridgehead atoms. The molecule has 0 amide bonds. The number of aliphatic hydroxyl groups excluding tert-OH is 3. The molecular weight excluding hydrogens is 420 g/mol. The van der Waals surface area contributed by atoms with Crippen LogP contribution in [-0.4, -0.2) is 60.8 Å². The van der Waals surface area contributed by atoms with Gasteiger partial charge in [-0.15, -0.1) is 0 Å². The van der Waals surface area contributed by atoms with Crippen LogP contribution in [0.1, 0.15) is 86.0 Å². The molecule has 3 saturated carbocycles. The molecular formula is C27H44O6. The van der Waals surface area contributed by atoms with Crippen LogP contribution >= 0.6 is 0 Å². The standard InChI is InChI=1S/C27H44O6/c1-15(2)6-7-23(31)26(5,32)22-9-11-27(33)17-12-19(28)18-13-20(29)21(30)14-24(18,3)16(17)8-10-25(22,27)4/h12,15-16,18,20-23,29-33H,6-11,13-14H2,1-5H3/t16-,18-,20+,21-,22-,23?,24+,25+,26?,27+/m0/s1. The van der Waals surface area contributed by atoms with E-state index in [0.717, 1.165) is 18.4 Å². The summed E-state index contributed by atoms with van der Waals surface area (Å²) in [6, 6.07) is 0. The van der Waals surface area contributed by atoms with Crippen molar-refractivity contribution in [2.24, 2.45) is 34.5 Å². The number of carbonyl (C=O) groups excluding carboxylic acids is 1. The van der Waals surface area contributed by atoms with Crippen LogP contribution in [0, 0.1) is 34.5 Å². The fourth-order valence-electron chi connectivity index (χ4n) is 8.32. The molecule has 0 heterocycles. The first-order valence-corrected chi connectivity index (χ1v) is 12.9. The number of rotatable bonds is 5. The maximum absolute atomic E-state index is 13.2. The number of hydrogen-bond donors (Lipinski definition) is 5. The van der Waals surface area contributed by atoms with Crippen molar-refractivity contribution < 1.29 is 30.3 Å². The zero-order valence-electron chi connectivity index (χ0n) is 20.9. The molecule has 4 rings (SSSR count). The van der Waals surface area contributed by atoms with Gasteiger partial charge in [0, 0.05) is 11.3 Å². The summed E-state index contributed by atoms with van der Waals surface area (Å²) in [5.41, 5.74) is -2.98. The molecule has 3 fully saturated rings. The van der Waals surface area contributed by atoms with Crippen molar-refractivity contribution in [2.45, 2.75) is 115 Å². The third kappa shape index (κ3) is 3.58. The van der Waals surface area contributed by atoms with Crippen LogP contribution in [0.15, 0.2) is 11.6 Å². The Kier molecular flexibility index (Phi) is 6.23. The van der Waals surface area contributed by atoms with Gasteiger partial charge in [-0.25, -0.2) is 0 Å². The topological polar surface area (TPSA) is 118 Å². The quantitative estimate of drug-likeness (QED) is 0.427. The molecule has 0 aromatic heterocycles. The van der Waals surface area contributed by atoms with Crippen LogP contribution in [0.5, 0.6) is 0 Å². The lowest BCUT2D eigenvalue weighted by Crippen LogP contribution is -2.62. The van der Waals surface area contributed by atoms with E-state index in [-0.39, 0.29) is 30.0 Å². The Morgan fingerprint density at radius 3 is 2.39 bits per heavy atom. The SMILES string of the molecule is CC(C)CCC(O)C(C)(O)[C@H]1CC[C@@]2(O)C3=CC(=O)[C@@H]4C[C@@H](O)[C@@H](O)C[C@]4(C)[C@H]3CC[C@]12C. The lowest BCUT2D eigenvalue weighted by atomic mass is 9.45. The van der Waals surface area contributed by atoms with Crippen LogP contribution in [0.25, 0.3) is 0 Å². The Bertz CT molecular complexity index is 819. The highest BCUT2D eigenvalue weighted by molar-refractivity contribution is 5.95. The predicted molar refractivity (Wildman–Crippen MR) is 125 cm³/mol. The van der Waals surface area contributed by atoms with Gasteiger partial charge in [-0.05, 0) is 93.1 Å².